The Hall–Kier alpha value is -3.75. The summed E-state index contributed by atoms with van der Waals surface area (Å²) in [5, 5.41) is 13.2. The molecule has 160 valence electrons. The predicted molar refractivity (Wildman–Crippen MR) is 122 cm³/mol. The highest BCUT2D eigenvalue weighted by molar-refractivity contribution is 5.96. The number of nitrogens with zero attached hydrogens (tertiary/aromatic N) is 7. The van der Waals surface area contributed by atoms with Gasteiger partial charge in [0.05, 0.1) is 53.2 Å². The fourth-order valence-corrected chi connectivity index (χ4v) is 4.66. The summed E-state index contributed by atoms with van der Waals surface area (Å²) < 4.78 is 2.05. The maximum atomic E-state index is 4.96. The fraction of sp³-hybridized carbons (Fsp3) is 0.348. The molecule has 1 saturated heterocycles. The van der Waals surface area contributed by atoms with Crippen molar-refractivity contribution in [1.29, 1.82) is 0 Å². The lowest BCUT2D eigenvalue weighted by Crippen LogP contribution is -2.29. The number of hydrogen-bond acceptors (Lipinski definition) is 6. The summed E-state index contributed by atoms with van der Waals surface area (Å²) in [5.74, 6) is 0.739. The number of pyridine rings is 2. The molecule has 2 aliphatic rings. The summed E-state index contributed by atoms with van der Waals surface area (Å²) in [4.78, 5) is 19.9. The van der Waals surface area contributed by atoms with Crippen LogP contribution in [0.4, 0.5) is 5.69 Å². The van der Waals surface area contributed by atoms with Crippen LogP contribution in [0.15, 0.2) is 37.1 Å². The Kier molecular flexibility index (Phi) is 3.84. The fourth-order valence-electron chi connectivity index (χ4n) is 4.66. The van der Waals surface area contributed by atoms with Gasteiger partial charge in [0.2, 0.25) is 0 Å². The number of nitrogens with one attached hydrogen (secondary N) is 2. The van der Waals surface area contributed by atoms with E-state index in [9.17, 15) is 0 Å². The first-order chi connectivity index (χ1) is 15.8. The second kappa shape index (κ2) is 6.88. The van der Waals surface area contributed by atoms with Gasteiger partial charge in [0.1, 0.15) is 11.2 Å². The van der Waals surface area contributed by atoms with Gasteiger partial charge in [-0.15, -0.1) is 0 Å². The zero-order valence-corrected chi connectivity index (χ0v) is 17.6. The van der Waals surface area contributed by atoms with E-state index < -0.39 is 0 Å². The van der Waals surface area contributed by atoms with E-state index in [0.717, 1.165) is 63.5 Å². The summed E-state index contributed by atoms with van der Waals surface area (Å²) in [5.41, 5.74) is 6.56. The van der Waals surface area contributed by atoms with E-state index in [1.165, 1.54) is 32.1 Å². The van der Waals surface area contributed by atoms with Gasteiger partial charge in [-0.3, -0.25) is 19.7 Å². The van der Waals surface area contributed by atoms with Crippen LogP contribution < -0.4 is 4.90 Å². The maximum absolute atomic E-state index is 4.96. The first-order valence-electron chi connectivity index (χ1n) is 11.3. The zero-order valence-electron chi connectivity index (χ0n) is 17.6. The highest BCUT2D eigenvalue weighted by Crippen LogP contribution is 2.36. The molecule has 1 aliphatic heterocycles. The summed E-state index contributed by atoms with van der Waals surface area (Å²) in [6.45, 7) is 2.11. The molecule has 2 N–H and O–H groups in total. The number of H-pyrrole nitrogens is 2. The molecule has 9 nitrogen and oxygen atoms in total. The number of fused-ring (bicyclic) bond motifs is 2. The molecule has 9 heteroatoms. The second-order valence-electron chi connectivity index (χ2n) is 8.82. The molecule has 1 saturated carbocycles. The Morgan fingerprint density at radius 1 is 0.969 bits per heavy atom. The number of aromatic nitrogens is 8. The molecule has 5 aromatic rings. The summed E-state index contributed by atoms with van der Waals surface area (Å²) >= 11 is 0. The number of anilines is 1. The molecule has 0 aromatic carbocycles. The first-order valence-corrected chi connectivity index (χ1v) is 11.3. The van der Waals surface area contributed by atoms with E-state index in [0.29, 0.717) is 6.04 Å². The van der Waals surface area contributed by atoms with Gasteiger partial charge in [0.25, 0.3) is 0 Å². The van der Waals surface area contributed by atoms with Crippen molar-refractivity contribution in [2.75, 3.05) is 18.0 Å². The van der Waals surface area contributed by atoms with Crippen molar-refractivity contribution in [2.45, 2.75) is 38.1 Å². The molecule has 32 heavy (non-hydrogen) atoms. The number of rotatable bonds is 4. The predicted octanol–water partition coefficient (Wildman–Crippen LogP) is 4.08. The number of hydrogen-bond donors (Lipinski definition) is 2. The molecule has 0 atom stereocenters. The van der Waals surface area contributed by atoms with E-state index >= 15 is 0 Å². The highest BCUT2D eigenvalue weighted by atomic mass is 15.3. The van der Waals surface area contributed by atoms with Crippen molar-refractivity contribution in [2.24, 2.45) is 0 Å². The van der Waals surface area contributed by atoms with Crippen molar-refractivity contribution in [3.05, 3.63) is 37.1 Å². The quantitative estimate of drug-likeness (QED) is 0.450. The summed E-state index contributed by atoms with van der Waals surface area (Å²) in [6, 6.07) is 2.62. The van der Waals surface area contributed by atoms with Crippen LogP contribution in [0.2, 0.25) is 0 Å². The Morgan fingerprint density at radius 2 is 1.88 bits per heavy atom. The van der Waals surface area contributed by atoms with Crippen LogP contribution in [0.3, 0.4) is 0 Å². The molecule has 0 radical (unpaired) electrons. The van der Waals surface area contributed by atoms with E-state index in [4.69, 9.17) is 4.98 Å². The van der Waals surface area contributed by atoms with Gasteiger partial charge in [-0.25, -0.2) is 4.98 Å². The van der Waals surface area contributed by atoms with E-state index in [1.54, 1.807) is 0 Å². The molecule has 0 bridgehead atoms. The number of imidazole rings is 1. The van der Waals surface area contributed by atoms with Gasteiger partial charge in [-0.1, -0.05) is 0 Å². The van der Waals surface area contributed by atoms with E-state index in [2.05, 4.69) is 47.4 Å². The van der Waals surface area contributed by atoms with Crippen LogP contribution in [0.1, 0.15) is 38.1 Å². The van der Waals surface area contributed by atoms with Gasteiger partial charge in [-0.05, 0) is 38.2 Å². The van der Waals surface area contributed by atoms with Crippen molar-refractivity contribution in [1.82, 2.24) is 39.9 Å². The van der Waals surface area contributed by atoms with Crippen LogP contribution in [-0.2, 0) is 0 Å². The minimum absolute atomic E-state index is 0.551. The molecule has 0 spiro atoms. The SMILES string of the molecule is c1nn(C2CC2)cc1-c1cc2c(-c3nc4c(N5CCCCC5)cncc4[nH]3)n[nH]c2cn1. The van der Waals surface area contributed by atoms with Crippen LogP contribution in [0.25, 0.3) is 44.7 Å². The van der Waals surface area contributed by atoms with Crippen molar-refractivity contribution < 1.29 is 0 Å². The van der Waals surface area contributed by atoms with Gasteiger partial charge in [0, 0.05) is 30.2 Å². The standard InChI is InChI=1S/C23H23N9/c1-2-6-31(7-3-1)20-12-24-10-19-22(20)28-23(27-19)21-16-8-17(25-11-18(16)29-30-21)14-9-26-32(13-14)15-4-5-15/h8-13,15H,1-7H2,(H,27,28)(H,29,30). The van der Waals surface area contributed by atoms with Gasteiger partial charge < -0.3 is 9.88 Å². The summed E-state index contributed by atoms with van der Waals surface area (Å²) in [6.07, 6.45) is 15.7. The second-order valence-corrected chi connectivity index (χ2v) is 8.82. The molecule has 5 aromatic heterocycles. The lowest BCUT2D eigenvalue weighted by atomic mass is 10.1. The Labute approximate surface area is 183 Å². The molecule has 6 heterocycles. The maximum Gasteiger partial charge on any atom is 0.159 e. The number of aromatic amines is 2. The van der Waals surface area contributed by atoms with Crippen LogP contribution in [0, 0.1) is 0 Å². The molecule has 0 amide bonds. The topological polar surface area (TPSA) is 104 Å². The number of piperidine rings is 1. The van der Waals surface area contributed by atoms with Crippen LogP contribution in [-0.4, -0.2) is 53.0 Å². The Bertz CT molecular complexity index is 1430. The smallest absolute Gasteiger partial charge is 0.159 e. The third kappa shape index (κ3) is 2.88. The Morgan fingerprint density at radius 3 is 2.75 bits per heavy atom. The molecule has 1 aliphatic carbocycles. The van der Waals surface area contributed by atoms with Crippen molar-refractivity contribution >= 4 is 27.6 Å². The van der Waals surface area contributed by atoms with Gasteiger partial charge in [-0.2, -0.15) is 10.2 Å². The van der Waals surface area contributed by atoms with Crippen LogP contribution >= 0.6 is 0 Å². The lowest BCUT2D eigenvalue weighted by Gasteiger charge is -2.28. The average molecular weight is 426 g/mol. The Balaban J connectivity index is 1.31. The van der Waals surface area contributed by atoms with Crippen molar-refractivity contribution in [3.63, 3.8) is 0 Å². The molecule has 0 unspecified atom stereocenters. The minimum atomic E-state index is 0.551. The molecular weight excluding hydrogens is 402 g/mol. The van der Waals surface area contributed by atoms with Gasteiger partial charge in [0.15, 0.2) is 5.82 Å². The molecule has 2 fully saturated rings. The zero-order chi connectivity index (χ0) is 21.1. The van der Waals surface area contributed by atoms with Crippen molar-refractivity contribution in [3.8, 4) is 22.8 Å². The monoisotopic (exact) mass is 425 g/mol. The van der Waals surface area contributed by atoms with Gasteiger partial charge >= 0.3 is 0 Å². The van der Waals surface area contributed by atoms with E-state index in [-0.39, 0.29) is 0 Å². The summed E-state index contributed by atoms with van der Waals surface area (Å²) in [7, 11) is 0. The highest BCUT2D eigenvalue weighted by Gasteiger charge is 2.25. The third-order valence-corrected chi connectivity index (χ3v) is 6.56. The van der Waals surface area contributed by atoms with E-state index in [1.807, 2.05) is 29.5 Å². The lowest BCUT2D eigenvalue weighted by molar-refractivity contribution is 0.578. The largest absolute Gasteiger partial charge is 0.368 e. The average Bonchev–Trinajstić information content (AvgIpc) is 3.24. The molecular formula is C23H23N9. The van der Waals surface area contributed by atoms with Crippen LogP contribution in [0.5, 0.6) is 0 Å². The first kappa shape index (κ1) is 17.9. The normalized spacial score (nSPS) is 16.9. The molecule has 7 rings (SSSR count). The minimum Gasteiger partial charge on any atom is -0.368 e. The third-order valence-electron chi connectivity index (χ3n) is 6.56.